The van der Waals surface area contributed by atoms with Gasteiger partial charge < -0.3 is 9.47 Å². The first-order valence-electron chi connectivity index (χ1n) is 9.76. The Labute approximate surface area is 186 Å². The van der Waals surface area contributed by atoms with Gasteiger partial charge in [0.25, 0.3) is 11.1 Å². The molecule has 0 radical (unpaired) electrons. The van der Waals surface area contributed by atoms with Crippen molar-refractivity contribution in [2.45, 2.75) is 27.3 Å². The molecular weight excluding hydrogens is 422 g/mol. The Hall–Kier alpha value is -2.44. The van der Waals surface area contributed by atoms with Gasteiger partial charge in [0.05, 0.1) is 24.7 Å². The quantitative estimate of drug-likeness (QED) is 0.465. The molecule has 1 aliphatic heterocycles. The monoisotopic (exact) mass is 445 g/mol. The van der Waals surface area contributed by atoms with Gasteiger partial charge in [-0.25, -0.2) is 0 Å². The van der Waals surface area contributed by atoms with Crippen LogP contribution in [0.1, 0.15) is 31.9 Å². The summed E-state index contributed by atoms with van der Waals surface area (Å²) in [4.78, 5) is 26.8. The summed E-state index contributed by atoms with van der Waals surface area (Å²) in [5.41, 5.74) is 1.61. The molecule has 1 saturated heterocycles. The molecule has 0 aliphatic carbocycles. The minimum absolute atomic E-state index is 0.214. The van der Waals surface area contributed by atoms with Crippen molar-refractivity contribution in [3.05, 3.63) is 63.5 Å². The van der Waals surface area contributed by atoms with Crippen LogP contribution < -0.4 is 9.47 Å². The van der Waals surface area contributed by atoms with E-state index in [9.17, 15) is 9.59 Å². The zero-order valence-electron chi connectivity index (χ0n) is 17.2. The van der Waals surface area contributed by atoms with E-state index in [1.54, 1.807) is 30.3 Å². The largest absolute Gasteiger partial charge is 0.490 e. The van der Waals surface area contributed by atoms with Crippen LogP contribution in [-0.2, 0) is 11.3 Å². The van der Waals surface area contributed by atoms with Crippen molar-refractivity contribution >= 4 is 40.6 Å². The van der Waals surface area contributed by atoms with Crippen molar-refractivity contribution in [3.8, 4) is 11.5 Å². The van der Waals surface area contributed by atoms with Gasteiger partial charge in [0.15, 0.2) is 11.5 Å². The lowest BCUT2D eigenvalue weighted by atomic mass is 10.1. The summed E-state index contributed by atoms with van der Waals surface area (Å²) in [6.45, 7) is 7.36. The fourth-order valence-electron chi connectivity index (χ4n) is 2.82. The third kappa shape index (κ3) is 5.58. The first kappa shape index (κ1) is 22.2. The molecule has 5 nitrogen and oxygen atoms in total. The predicted molar refractivity (Wildman–Crippen MR) is 121 cm³/mol. The second-order valence-electron chi connectivity index (χ2n) is 7.24. The van der Waals surface area contributed by atoms with Crippen LogP contribution in [0.4, 0.5) is 4.79 Å². The highest BCUT2D eigenvalue weighted by molar-refractivity contribution is 8.18. The fraction of sp³-hybridized carbons (Fsp3) is 0.304. The number of ether oxygens (including phenoxy) is 2. The first-order chi connectivity index (χ1) is 14.4. The molecule has 0 bridgehead atoms. The average molecular weight is 446 g/mol. The molecule has 2 aromatic rings. The van der Waals surface area contributed by atoms with Gasteiger partial charge in [0.2, 0.25) is 0 Å². The van der Waals surface area contributed by atoms with Gasteiger partial charge in [-0.15, -0.1) is 0 Å². The van der Waals surface area contributed by atoms with E-state index in [4.69, 9.17) is 21.1 Å². The number of thioether (sulfide) groups is 1. The molecule has 0 atom stereocenters. The SMILES string of the molecule is CCOc1cc(/C=C2\SC(=O)N(Cc3ccc(Cl)cc3)C2=O)ccc1OCC(C)C. The Morgan fingerprint density at radius 1 is 1.07 bits per heavy atom. The number of carbonyl (C=O) groups excluding carboxylic acids is 2. The number of halogens is 1. The number of nitrogens with zero attached hydrogens (tertiary/aromatic N) is 1. The molecule has 0 aromatic heterocycles. The summed E-state index contributed by atoms with van der Waals surface area (Å²) in [6, 6.07) is 12.6. The van der Waals surface area contributed by atoms with Gasteiger partial charge in [-0.05, 0) is 66.1 Å². The van der Waals surface area contributed by atoms with Gasteiger partial charge >= 0.3 is 0 Å². The van der Waals surface area contributed by atoms with E-state index in [1.807, 2.05) is 25.1 Å². The Bertz CT molecular complexity index is 956. The molecular formula is C23H24ClNO4S. The van der Waals surface area contributed by atoms with Gasteiger partial charge in [0, 0.05) is 5.02 Å². The molecule has 3 rings (SSSR count). The maximum absolute atomic E-state index is 12.8. The number of hydrogen-bond donors (Lipinski definition) is 0. The number of amides is 2. The van der Waals surface area contributed by atoms with Crippen LogP contribution >= 0.6 is 23.4 Å². The number of rotatable bonds is 8. The fourth-order valence-corrected chi connectivity index (χ4v) is 3.78. The summed E-state index contributed by atoms with van der Waals surface area (Å²) >= 11 is 6.84. The second kappa shape index (κ2) is 10.0. The molecule has 7 heteroatoms. The minimum Gasteiger partial charge on any atom is -0.490 e. The van der Waals surface area contributed by atoms with E-state index in [-0.39, 0.29) is 17.7 Å². The summed E-state index contributed by atoms with van der Waals surface area (Å²) in [5, 5.41) is 0.321. The van der Waals surface area contributed by atoms with E-state index >= 15 is 0 Å². The molecule has 158 valence electrons. The Kier molecular flexibility index (Phi) is 7.45. The lowest BCUT2D eigenvalue weighted by molar-refractivity contribution is -0.123. The predicted octanol–water partition coefficient (Wildman–Crippen LogP) is 6.01. The number of imide groups is 1. The van der Waals surface area contributed by atoms with Crippen LogP contribution in [0.25, 0.3) is 6.08 Å². The summed E-state index contributed by atoms with van der Waals surface area (Å²) in [7, 11) is 0. The molecule has 0 N–H and O–H groups in total. The van der Waals surface area contributed by atoms with Crippen LogP contribution in [0.2, 0.25) is 5.02 Å². The summed E-state index contributed by atoms with van der Waals surface area (Å²) < 4.78 is 11.5. The molecule has 1 heterocycles. The second-order valence-corrected chi connectivity index (χ2v) is 8.67. The molecule has 1 aliphatic rings. The van der Waals surface area contributed by atoms with E-state index < -0.39 is 0 Å². The lowest BCUT2D eigenvalue weighted by Gasteiger charge is -2.14. The van der Waals surface area contributed by atoms with E-state index in [0.29, 0.717) is 40.6 Å². The maximum Gasteiger partial charge on any atom is 0.293 e. The zero-order chi connectivity index (χ0) is 21.7. The molecule has 2 aromatic carbocycles. The van der Waals surface area contributed by atoms with Crippen molar-refractivity contribution in [2.24, 2.45) is 5.92 Å². The van der Waals surface area contributed by atoms with Crippen LogP contribution in [0.5, 0.6) is 11.5 Å². The van der Waals surface area contributed by atoms with Crippen LogP contribution in [0.3, 0.4) is 0 Å². The standard InChI is InChI=1S/C23H24ClNO4S/c1-4-28-20-11-17(7-10-19(20)29-14-15(2)3)12-21-22(26)25(23(27)30-21)13-16-5-8-18(24)9-6-16/h5-12,15H,4,13-14H2,1-3H3/b21-12-. The van der Waals surface area contributed by atoms with Crippen LogP contribution in [0.15, 0.2) is 47.4 Å². The summed E-state index contributed by atoms with van der Waals surface area (Å²) in [6.07, 6.45) is 1.71. The molecule has 0 saturated carbocycles. The van der Waals surface area contributed by atoms with Gasteiger partial charge in [-0.3, -0.25) is 14.5 Å². The highest BCUT2D eigenvalue weighted by Crippen LogP contribution is 2.35. The summed E-state index contributed by atoms with van der Waals surface area (Å²) in [5.74, 6) is 1.37. The van der Waals surface area contributed by atoms with Crippen molar-refractivity contribution in [2.75, 3.05) is 13.2 Å². The highest BCUT2D eigenvalue weighted by atomic mass is 35.5. The van der Waals surface area contributed by atoms with Crippen molar-refractivity contribution in [1.29, 1.82) is 0 Å². The number of benzene rings is 2. The maximum atomic E-state index is 12.8. The highest BCUT2D eigenvalue weighted by Gasteiger charge is 2.35. The third-order valence-corrected chi connectivity index (χ3v) is 5.42. The lowest BCUT2D eigenvalue weighted by Crippen LogP contribution is -2.27. The Balaban J connectivity index is 1.78. The number of hydrogen-bond acceptors (Lipinski definition) is 5. The molecule has 30 heavy (non-hydrogen) atoms. The van der Waals surface area contributed by atoms with Gasteiger partial charge in [-0.1, -0.05) is 43.6 Å². The van der Waals surface area contributed by atoms with Gasteiger partial charge in [0.1, 0.15) is 0 Å². The van der Waals surface area contributed by atoms with Gasteiger partial charge in [-0.2, -0.15) is 0 Å². The molecule has 0 unspecified atom stereocenters. The van der Waals surface area contributed by atoms with Crippen molar-refractivity contribution < 1.29 is 19.1 Å². The molecule has 0 spiro atoms. The van der Waals surface area contributed by atoms with E-state index in [2.05, 4.69) is 13.8 Å². The van der Waals surface area contributed by atoms with E-state index in [1.165, 1.54) is 4.90 Å². The van der Waals surface area contributed by atoms with Crippen molar-refractivity contribution in [3.63, 3.8) is 0 Å². The molecule has 1 fully saturated rings. The van der Waals surface area contributed by atoms with Crippen molar-refractivity contribution in [1.82, 2.24) is 4.90 Å². The first-order valence-corrected chi connectivity index (χ1v) is 11.0. The topological polar surface area (TPSA) is 55.8 Å². The van der Waals surface area contributed by atoms with Crippen LogP contribution in [-0.4, -0.2) is 29.3 Å². The average Bonchev–Trinajstić information content (AvgIpc) is 2.96. The minimum atomic E-state index is -0.307. The van der Waals surface area contributed by atoms with E-state index in [0.717, 1.165) is 22.9 Å². The normalized spacial score (nSPS) is 15.4. The van der Waals surface area contributed by atoms with Crippen LogP contribution in [0, 0.1) is 5.92 Å². The Morgan fingerprint density at radius 2 is 1.80 bits per heavy atom. The Morgan fingerprint density at radius 3 is 2.47 bits per heavy atom. The number of carbonyl (C=O) groups is 2. The molecule has 2 amide bonds. The third-order valence-electron chi connectivity index (χ3n) is 4.27. The smallest absolute Gasteiger partial charge is 0.293 e. The zero-order valence-corrected chi connectivity index (χ0v) is 18.8.